The third kappa shape index (κ3) is 6.15. The lowest BCUT2D eigenvalue weighted by Crippen LogP contribution is -2.39. The standard InChI is InChI=1S/C24H29N9O5S/c1-25-24(35)21-18(12-20(29-30-21)27-23(34)15-6-7-15)26-17-4-3-5-19(22(17)38-2)33-14-16(28-31-33)13-32-8-10-39(36,37)11-9-32/h3-5,12,14-15H,6-11,13H2,1-2H3,(H,25,35)(H2,26,27,29,34)/i1D3. The van der Waals surface area contributed by atoms with Crippen LogP contribution >= 0.6 is 0 Å². The maximum Gasteiger partial charge on any atom is 0.273 e. The van der Waals surface area contributed by atoms with Crippen molar-refractivity contribution in [3.63, 3.8) is 0 Å². The number of carbonyl (C=O) groups excluding carboxylic acids is 2. The summed E-state index contributed by atoms with van der Waals surface area (Å²) in [5, 5.41) is 23.8. The molecule has 0 bridgehead atoms. The zero-order chi connectivity index (χ0) is 30.1. The summed E-state index contributed by atoms with van der Waals surface area (Å²) < 4.78 is 52.8. The predicted molar refractivity (Wildman–Crippen MR) is 142 cm³/mol. The van der Waals surface area contributed by atoms with Crippen molar-refractivity contribution in [1.29, 1.82) is 0 Å². The van der Waals surface area contributed by atoms with Crippen molar-refractivity contribution in [2.75, 3.05) is 49.3 Å². The summed E-state index contributed by atoms with van der Waals surface area (Å²) in [5.41, 5.74) is 1.28. The van der Waals surface area contributed by atoms with Crippen molar-refractivity contribution < 1.29 is 26.9 Å². The normalized spacial score (nSPS) is 18.3. The predicted octanol–water partition coefficient (Wildman–Crippen LogP) is 0.748. The topological polar surface area (TPSA) is 173 Å². The van der Waals surface area contributed by atoms with Gasteiger partial charge in [-0.15, -0.1) is 15.3 Å². The first kappa shape index (κ1) is 22.8. The quantitative estimate of drug-likeness (QED) is 0.338. The van der Waals surface area contributed by atoms with Crippen molar-refractivity contribution >= 4 is 38.8 Å². The summed E-state index contributed by atoms with van der Waals surface area (Å²) >= 11 is 0. The fourth-order valence-corrected chi connectivity index (χ4v) is 5.41. The fraction of sp³-hybridized carbons (Fsp3) is 0.417. The zero-order valence-electron chi connectivity index (χ0n) is 24.0. The number of hydrogen-bond donors (Lipinski definition) is 3. The summed E-state index contributed by atoms with van der Waals surface area (Å²) in [6.45, 7) is -1.51. The molecule has 1 aromatic carbocycles. The minimum atomic E-state index is -3.00. The first-order chi connectivity index (χ1) is 19.9. The summed E-state index contributed by atoms with van der Waals surface area (Å²) in [4.78, 5) is 27.1. The number of anilines is 3. The van der Waals surface area contributed by atoms with Gasteiger partial charge in [-0.05, 0) is 25.0 Å². The number of amides is 2. The highest BCUT2D eigenvalue weighted by Gasteiger charge is 2.30. The average molecular weight is 559 g/mol. The molecule has 3 N–H and O–H groups in total. The maximum absolute atomic E-state index is 12.8. The molecule has 39 heavy (non-hydrogen) atoms. The molecule has 1 saturated heterocycles. The third-order valence-electron chi connectivity index (χ3n) is 6.40. The molecule has 3 heterocycles. The number of benzene rings is 1. The number of nitrogens with zero attached hydrogens (tertiary/aromatic N) is 6. The van der Waals surface area contributed by atoms with Gasteiger partial charge in [0.25, 0.3) is 5.91 Å². The molecule has 2 amide bonds. The van der Waals surface area contributed by atoms with Crippen LogP contribution in [0.25, 0.3) is 5.69 Å². The number of sulfone groups is 1. The van der Waals surface area contributed by atoms with E-state index in [0.717, 1.165) is 12.8 Å². The third-order valence-corrected chi connectivity index (χ3v) is 8.01. The molecule has 2 aliphatic rings. The van der Waals surface area contributed by atoms with E-state index < -0.39 is 22.7 Å². The van der Waals surface area contributed by atoms with Gasteiger partial charge in [0.05, 0.1) is 41.9 Å². The molecule has 206 valence electrons. The molecule has 3 aromatic rings. The van der Waals surface area contributed by atoms with E-state index in [1.165, 1.54) is 17.9 Å². The first-order valence-corrected chi connectivity index (χ1v) is 14.0. The lowest BCUT2D eigenvalue weighted by atomic mass is 10.2. The Morgan fingerprint density at radius 2 is 1.95 bits per heavy atom. The van der Waals surface area contributed by atoms with Crippen LogP contribution in [0, 0.1) is 5.92 Å². The van der Waals surface area contributed by atoms with Gasteiger partial charge in [-0.1, -0.05) is 11.3 Å². The van der Waals surface area contributed by atoms with Crippen LogP contribution < -0.4 is 20.7 Å². The number of rotatable bonds is 9. The van der Waals surface area contributed by atoms with Crippen LogP contribution in [0.2, 0.25) is 0 Å². The number of methoxy groups -OCH3 is 1. The Kier molecular flexibility index (Phi) is 6.41. The summed E-state index contributed by atoms with van der Waals surface area (Å²) in [5.74, 6) is -0.708. The Morgan fingerprint density at radius 3 is 2.67 bits per heavy atom. The number of hydrogen-bond acceptors (Lipinski definition) is 11. The van der Waals surface area contributed by atoms with Gasteiger partial charge >= 0.3 is 0 Å². The van der Waals surface area contributed by atoms with E-state index in [0.29, 0.717) is 42.5 Å². The second-order valence-electron chi connectivity index (χ2n) is 9.27. The van der Waals surface area contributed by atoms with E-state index >= 15 is 0 Å². The van der Waals surface area contributed by atoms with E-state index in [-0.39, 0.29) is 40.5 Å². The first-order valence-electron chi connectivity index (χ1n) is 13.7. The Balaban J connectivity index is 1.42. The van der Waals surface area contributed by atoms with Crippen LogP contribution in [0.15, 0.2) is 30.5 Å². The summed E-state index contributed by atoms with van der Waals surface area (Å²) in [6.07, 6.45) is 3.26. The number of aromatic nitrogens is 5. The highest BCUT2D eigenvalue weighted by atomic mass is 32.2. The molecule has 15 heteroatoms. The second kappa shape index (κ2) is 10.9. The highest BCUT2D eigenvalue weighted by Crippen LogP contribution is 2.35. The van der Waals surface area contributed by atoms with Crippen LogP contribution in [-0.4, -0.2) is 89.0 Å². The lowest BCUT2D eigenvalue weighted by Gasteiger charge is -2.25. The molecule has 5 rings (SSSR count). The molecule has 14 nitrogen and oxygen atoms in total. The van der Waals surface area contributed by atoms with Gasteiger partial charge in [-0.3, -0.25) is 14.5 Å². The van der Waals surface area contributed by atoms with Gasteiger partial charge in [-0.2, -0.15) is 0 Å². The van der Waals surface area contributed by atoms with Crippen LogP contribution in [0.3, 0.4) is 0 Å². The van der Waals surface area contributed by atoms with E-state index in [1.807, 2.05) is 10.2 Å². The summed E-state index contributed by atoms with van der Waals surface area (Å²) in [6, 6.07) is 6.51. The van der Waals surface area contributed by atoms with Gasteiger partial charge < -0.3 is 20.7 Å². The van der Waals surface area contributed by atoms with E-state index in [1.54, 1.807) is 24.4 Å². The van der Waals surface area contributed by atoms with Crippen molar-refractivity contribution in [1.82, 2.24) is 35.4 Å². The van der Waals surface area contributed by atoms with Crippen molar-refractivity contribution in [3.05, 3.63) is 41.9 Å². The Hall–Kier alpha value is -4.11. The molecule has 1 aliphatic carbocycles. The Morgan fingerprint density at radius 1 is 1.15 bits per heavy atom. The van der Waals surface area contributed by atoms with Crippen LogP contribution in [0.4, 0.5) is 17.2 Å². The van der Waals surface area contributed by atoms with E-state index in [2.05, 4.69) is 31.1 Å². The van der Waals surface area contributed by atoms with Crippen LogP contribution in [0.5, 0.6) is 5.75 Å². The number of para-hydroxylation sites is 1. The van der Waals surface area contributed by atoms with E-state index in [9.17, 15) is 18.0 Å². The van der Waals surface area contributed by atoms with Crippen LogP contribution in [0.1, 0.15) is 33.1 Å². The van der Waals surface area contributed by atoms with Crippen LogP contribution in [-0.2, 0) is 21.2 Å². The number of ether oxygens (including phenoxy) is 1. The van der Waals surface area contributed by atoms with Gasteiger partial charge in [0.15, 0.2) is 27.1 Å². The minimum absolute atomic E-state index is 0.0765. The summed E-state index contributed by atoms with van der Waals surface area (Å²) in [7, 11) is -1.55. The van der Waals surface area contributed by atoms with E-state index in [4.69, 9.17) is 8.85 Å². The van der Waals surface area contributed by atoms with Gasteiger partial charge in [0.2, 0.25) is 5.91 Å². The fourth-order valence-electron chi connectivity index (χ4n) is 4.14. The Bertz CT molecular complexity index is 1590. The van der Waals surface area contributed by atoms with Crippen molar-refractivity contribution in [2.24, 2.45) is 5.92 Å². The molecule has 1 aliphatic heterocycles. The monoisotopic (exact) mass is 558 g/mol. The van der Waals surface area contributed by atoms with Gasteiger partial charge in [0, 0.05) is 42.7 Å². The van der Waals surface area contributed by atoms with Gasteiger partial charge in [0.1, 0.15) is 5.69 Å². The molecular weight excluding hydrogens is 526 g/mol. The molecule has 0 unspecified atom stereocenters. The molecular formula is C24H29N9O5S. The second-order valence-corrected chi connectivity index (χ2v) is 11.6. The molecule has 1 saturated carbocycles. The number of carbonyl (C=O) groups is 2. The Labute approximate surface area is 229 Å². The molecule has 0 spiro atoms. The molecule has 2 aromatic heterocycles. The zero-order valence-corrected chi connectivity index (χ0v) is 21.9. The lowest BCUT2D eigenvalue weighted by molar-refractivity contribution is -0.117. The maximum atomic E-state index is 12.8. The highest BCUT2D eigenvalue weighted by molar-refractivity contribution is 7.91. The SMILES string of the molecule is [2H]C([2H])([2H])NC(=O)c1nnc(NC(=O)C2CC2)cc1Nc1cccc(-n2cc(CN3CCS(=O)(=O)CC3)nn2)c1OC. The average Bonchev–Trinajstić information content (AvgIpc) is 3.68. The molecule has 0 atom stereocenters. The van der Waals surface area contributed by atoms with Crippen molar-refractivity contribution in [2.45, 2.75) is 19.4 Å². The minimum Gasteiger partial charge on any atom is -0.492 e. The molecule has 2 fully saturated rings. The molecule has 0 radical (unpaired) electrons. The smallest absolute Gasteiger partial charge is 0.273 e. The van der Waals surface area contributed by atoms with Crippen molar-refractivity contribution in [3.8, 4) is 11.4 Å². The number of nitrogens with one attached hydrogen (secondary N) is 3. The largest absolute Gasteiger partial charge is 0.492 e. The van der Waals surface area contributed by atoms with Gasteiger partial charge in [-0.25, -0.2) is 13.1 Å².